The lowest BCUT2D eigenvalue weighted by molar-refractivity contribution is 0.322. The molecule has 4 rings (SSSR count). The fraction of sp³-hybridized carbons (Fsp3) is 0.250. The lowest BCUT2D eigenvalue weighted by atomic mass is 10.2. The molecule has 0 saturated heterocycles. The van der Waals surface area contributed by atoms with Gasteiger partial charge in [0.15, 0.2) is 0 Å². The minimum absolute atomic E-state index is 0.118. The maximum absolute atomic E-state index is 13.4. The highest BCUT2D eigenvalue weighted by atomic mass is 32.2. The zero-order valence-electron chi connectivity index (χ0n) is 15.7. The summed E-state index contributed by atoms with van der Waals surface area (Å²) in [6.45, 7) is 2.75. The van der Waals surface area contributed by atoms with Gasteiger partial charge in [0.05, 0.1) is 31.8 Å². The Morgan fingerprint density at radius 1 is 1.14 bits per heavy atom. The number of benzene rings is 2. The Morgan fingerprint density at radius 2 is 1.96 bits per heavy atom. The van der Waals surface area contributed by atoms with Crippen LogP contribution in [0.2, 0.25) is 0 Å². The van der Waals surface area contributed by atoms with E-state index in [1.54, 1.807) is 13.2 Å². The van der Waals surface area contributed by atoms with Crippen molar-refractivity contribution in [2.75, 3.05) is 24.6 Å². The van der Waals surface area contributed by atoms with Gasteiger partial charge in [-0.2, -0.15) is 5.10 Å². The second kappa shape index (κ2) is 7.20. The molecule has 0 radical (unpaired) electrons. The SMILES string of the molecule is COc1ccccc1-n1cc(S(=O)(=O)N2CCCOc3ccc(C)cc32)cn1. The monoisotopic (exact) mass is 399 g/mol. The van der Waals surface area contributed by atoms with E-state index in [1.165, 1.54) is 21.4 Å². The molecular formula is C20H21N3O4S. The van der Waals surface area contributed by atoms with Gasteiger partial charge in [-0.15, -0.1) is 0 Å². The number of sulfonamides is 1. The molecule has 0 atom stereocenters. The van der Waals surface area contributed by atoms with Gasteiger partial charge in [-0.1, -0.05) is 18.2 Å². The van der Waals surface area contributed by atoms with E-state index in [4.69, 9.17) is 9.47 Å². The van der Waals surface area contributed by atoms with Crippen LogP contribution in [0.15, 0.2) is 59.8 Å². The summed E-state index contributed by atoms with van der Waals surface area (Å²) >= 11 is 0. The minimum Gasteiger partial charge on any atom is -0.494 e. The number of para-hydroxylation sites is 2. The van der Waals surface area contributed by atoms with Gasteiger partial charge in [0.1, 0.15) is 22.1 Å². The molecule has 0 N–H and O–H groups in total. The van der Waals surface area contributed by atoms with Crippen LogP contribution in [0, 0.1) is 6.92 Å². The quantitative estimate of drug-likeness (QED) is 0.674. The Bertz CT molecular complexity index is 1110. The van der Waals surface area contributed by atoms with Crippen molar-refractivity contribution in [3.63, 3.8) is 0 Å². The molecule has 7 nitrogen and oxygen atoms in total. The summed E-state index contributed by atoms with van der Waals surface area (Å²) in [6.07, 6.45) is 3.48. The molecule has 0 aliphatic carbocycles. The van der Waals surface area contributed by atoms with Crippen molar-refractivity contribution in [3.8, 4) is 17.2 Å². The predicted molar refractivity (Wildman–Crippen MR) is 106 cm³/mol. The van der Waals surface area contributed by atoms with Crippen molar-refractivity contribution in [2.24, 2.45) is 0 Å². The van der Waals surface area contributed by atoms with E-state index in [1.807, 2.05) is 43.3 Å². The van der Waals surface area contributed by atoms with Gasteiger partial charge in [0.25, 0.3) is 10.0 Å². The molecule has 1 aliphatic heterocycles. The van der Waals surface area contributed by atoms with E-state index in [2.05, 4.69) is 5.10 Å². The molecule has 0 unspecified atom stereocenters. The van der Waals surface area contributed by atoms with E-state index in [0.717, 1.165) is 5.56 Å². The van der Waals surface area contributed by atoms with Gasteiger partial charge >= 0.3 is 0 Å². The topological polar surface area (TPSA) is 73.7 Å². The van der Waals surface area contributed by atoms with Crippen LogP contribution in [0.3, 0.4) is 0 Å². The van der Waals surface area contributed by atoms with Crippen LogP contribution < -0.4 is 13.8 Å². The van der Waals surface area contributed by atoms with E-state index in [9.17, 15) is 8.42 Å². The highest BCUT2D eigenvalue weighted by molar-refractivity contribution is 7.92. The van der Waals surface area contributed by atoms with Gasteiger partial charge in [-0.05, 0) is 36.8 Å². The Hall–Kier alpha value is -3.00. The molecule has 28 heavy (non-hydrogen) atoms. The largest absolute Gasteiger partial charge is 0.494 e. The second-order valence-electron chi connectivity index (χ2n) is 6.54. The molecular weight excluding hydrogens is 378 g/mol. The van der Waals surface area contributed by atoms with Crippen LogP contribution >= 0.6 is 0 Å². The molecule has 2 aromatic carbocycles. The number of aryl methyl sites for hydroxylation is 1. The Morgan fingerprint density at radius 3 is 2.79 bits per heavy atom. The van der Waals surface area contributed by atoms with Gasteiger partial charge in [0.2, 0.25) is 0 Å². The van der Waals surface area contributed by atoms with Gasteiger partial charge in [-0.3, -0.25) is 4.31 Å². The molecule has 1 aliphatic rings. The summed E-state index contributed by atoms with van der Waals surface area (Å²) in [5.74, 6) is 1.18. The Kier molecular flexibility index (Phi) is 4.72. The summed E-state index contributed by atoms with van der Waals surface area (Å²) in [7, 11) is -2.23. The first-order valence-electron chi connectivity index (χ1n) is 8.95. The molecule has 0 fully saturated rings. The summed E-state index contributed by atoms with van der Waals surface area (Å²) < 4.78 is 40.8. The van der Waals surface area contributed by atoms with Crippen LogP contribution in [-0.4, -0.2) is 38.5 Å². The summed E-state index contributed by atoms with van der Waals surface area (Å²) in [4.78, 5) is 0.118. The summed E-state index contributed by atoms with van der Waals surface area (Å²) in [6, 6.07) is 12.9. The lowest BCUT2D eigenvalue weighted by Crippen LogP contribution is -2.31. The number of methoxy groups -OCH3 is 1. The number of fused-ring (bicyclic) bond motifs is 1. The van der Waals surface area contributed by atoms with Crippen molar-refractivity contribution in [2.45, 2.75) is 18.2 Å². The second-order valence-corrected chi connectivity index (χ2v) is 8.41. The van der Waals surface area contributed by atoms with Crippen LogP contribution in [0.4, 0.5) is 5.69 Å². The third-order valence-corrected chi connectivity index (χ3v) is 6.39. The van der Waals surface area contributed by atoms with E-state index >= 15 is 0 Å². The third kappa shape index (κ3) is 3.20. The van der Waals surface area contributed by atoms with E-state index in [-0.39, 0.29) is 4.90 Å². The number of hydrogen-bond donors (Lipinski definition) is 0. The van der Waals surface area contributed by atoms with E-state index < -0.39 is 10.0 Å². The average molecular weight is 399 g/mol. The Balaban J connectivity index is 1.76. The first-order chi connectivity index (χ1) is 13.5. The van der Waals surface area contributed by atoms with Crippen LogP contribution in [0.25, 0.3) is 5.69 Å². The van der Waals surface area contributed by atoms with Gasteiger partial charge < -0.3 is 9.47 Å². The molecule has 8 heteroatoms. The van der Waals surface area contributed by atoms with Crippen LogP contribution in [0.1, 0.15) is 12.0 Å². The first kappa shape index (κ1) is 18.4. The minimum atomic E-state index is -3.79. The van der Waals surface area contributed by atoms with Gasteiger partial charge in [0, 0.05) is 13.0 Å². The number of aromatic nitrogens is 2. The highest BCUT2D eigenvalue weighted by Crippen LogP contribution is 2.35. The predicted octanol–water partition coefficient (Wildman–Crippen LogP) is 3.17. The fourth-order valence-corrected chi connectivity index (χ4v) is 4.66. The lowest BCUT2D eigenvalue weighted by Gasteiger charge is -2.23. The fourth-order valence-electron chi connectivity index (χ4n) is 3.22. The maximum Gasteiger partial charge on any atom is 0.267 e. The molecule has 3 aromatic rings. The number of anilines is 1. The smallest absolute Gasteiger partial charge is 0.267 e. The van der Waals surface area contributed by atoms with Crippen LogP contribution in [-0.2, 0) is 10.0 Å². The molecule has 0 saturated carbocycles. The molecule has 2 heterocycles. The standard InChI is InChI=1S/C20H21N3O4S/c1-15-8-9-20-18(12-15)23(10-5-11-27-20)28(24,25)16-13-21-22(14-16)17-6-3-4-7-19(17)26-2/h3-4,6-9,12-14H,5,10-11H2,1-2H3. The summed E-state index contributed by atoms with van der Waals surface area (Å²) in [5.41, 5.74) is 2.19. The first-order valence-corrected chi connectivity index (χ1v) is 10.4. The zero-order valence-corrected chi connectivity index (χ0v) is 16.5. The molecule has 1 aromatic heterocycles. The third-order valence-electron chi connectivity index (χ3n) is 4.63. The highest BCUT2D eigenvalue weighted by Gasteiger charge is 2.30. The van der Waals surface area contributed by atoms with Crippen molar-refractivity contribution in [3.05, 3.63) is 60.4 Å². The Labute approximate surface area is 164 Å². The van der Waals surface area contributed by atoms with Crippen molar-refractivity contribution < 1.29 is 17.9 Å². The normalized spacial score (nSPS) is 14.1. The zero-order chi connectivity index (χ0) is 19.7. The summed E-state index contributed by atoms with van der Waals surface area (Å²) in [5, 5.41) is 4.25. The molecule has 0 bridgehead atoms. The van der Waals surface area contributed by atoms with Crippen LogP contribution in [0.5, 0.6) is 11.5 Å². The van der Waals surface area contributed by atoms with Crippen molar-refractivity contribution >= 4 is 15.7 Å². The van der Waals surface area contributed by atoms with Crippen molar-refractivity contribution in [1.82, 2.24) is 9.78 Å². The maximum atomic E-state index is 13.4. The number of hydrogen-bond acceptors (Lipinski definition) is 5. The van der Waals surface area contributed by atoms with Crippen molar-refractivity contribution in [1.29, 1.82) is 0 Å². The van der Waals surface area contributed by atoms with Gasteiger partial charge in [-0.25, -0.2) is 13.1 Å². The number of ether oxygens (including phenoxy) is 2. The average Bonchev–Trinajstić information content (AvgIpc) is 3.10. The molecule has 0 spiro atoms. The number of nitrogens with zero attached hydrogens (tertiary/aromatic N) is 3. The van der Waals surface area contributed by atoms with E-state index in [0.29, 0.717) is 42.4 Å². The number of rotatable bonds is 4. The molecule has 0 amide bonds. The molecule has 146 valence electrons.